The molecule has 2 aromatic heterocycles. The first-order chi connectivity index (χ1) is 12.7. The minimum absolute atomic E-state index is 0.351. The second-order valence-electron chi connectivity index (χ2n) is 6.17. The van der Waals surface area contributed by atoms with Gasteiger partial charge in [0.1, 0.15) is 6.07 Å². The van der Waals surface area contributed by atoms with Crippen LogP contribution in [0.25, 0.3) is 5.65 Å². The quantitative estimate of drug-likeness (QED) is 0.730. The van der Waals surface area contributed by atoms with Gasteiger partial charge < -0.3 is 10.6 Å². The summed E-state index contributed by atoms with van der Waals surface area (Å²) in [6.07, 6.45) is 4.94. The molecule has 1 aliphatic rings. The van der Waals surface area contributed by atoms with Crippen LogP contribution in [0.1, 0.15) is 30.5 Å². The monoisotopic (exact) mass is 363 g/mol. The highest BCUT2D eigenvalue weighted by Crippen LogP contribution is 2.29. The fraction of sp³-hybridized carbons (Fsp3) is 0.222. The normalized spacial score (nSPS) is 13.7. The van der Waals surface area contributed by atoms with Gasteiger partial charge in [-0.3, -0.25) is 0 Å². The van der Waals surface area contributed by atoms with Crippen molar-refractivity contribution in [2.45, 2.75) is 25.3 Å². The zero-order valence-corrected chi connectivity index (χ0v) is 14.5. The van der Waals surface area contributed by atoms with Crippen molar-refractivity contribution in [3.8, 4) is 12.1 Å². The molecular formula is C18H14ClN7. The number of benzene rings is 1. The van der Waals surface area contributed by atoms with Crippen LogP contribution in [0.4, 0.5) is 17.2 Å². The molecule has 0 unspecified atom stereocenters. The number of nitriles is 2. The van der Waals surface area contributed by atoms with Gasteiger partial charge in [0, 0.05) is 22.8 Å². The van der Waals surface area contributed by atoms with Gasteiger partial charge in [-0.2, -0.15) is 15.0 Å². The predicted octanol–water partition coefficient (Wildman–Crippen LogP) is 3.83. The minimum atomic E-state index is 0.351. The molecule has 2 N–H and O–H groups in total. The van der Waals surface area contributed by atoms with Crippen LogP contribution in [0.15, 0.2) is 30.5 Å². The van der Waals surface area contributed by atoms with Crippen LogP contribution in [-0.4, -0.2) is 20.6 Å². The number of imidazole rings is 1. The van der Waals surface area contributed by atoms with E-state index in [0.717, 1.165) is 18.5 Å². The third-order valence-electron chi connectivity index (χ3n) is 4.35. The van der Waals surface area contributed by atoms with E-state index in [1.165, 1.54) is 17.1 Å². The Morgan fingerprint density at radius 2 is 2.00 bits per heavy atom. The average molecular weight is 364 g/mol. The molecule has 4 rings (SSSR count). The molecule has 0 bridgehead atoms. The van der Waals surface area contributed by atoms with E-state index in [9.17, 15) is 5.26 Å². The van der Waals surface area contributed by atoms with E-state index < -0.39 is 0 Å². The van der Waals surface area contributed by atoms with Crippen molar-refractivity contribution in [2.24, 2.45) is 0 Å². The smallest absolute Gasteiger partial charge is 0.178 e. The van der Waals surface area contributed by atoms with Gasteiger partial charge >= 0.3 is 0 Å². The van der Waals surface area contributed by atoms with E-state index in [1.807, 2.05) is 6.07 Å². The Labute approximate surface area is 154 Å². The number of fused-ring (bicyclic) bond motifs is 1. The van der Waals surface area contributed by atoms with Crippen LogP contribution in [0.2, 0.25) is 5.02 Å². The third-order valence-corrected chi connectivity index (χ3v) is 4.56. The molecule has 8 heteroatoms. The number of aromatic nitrogens is 3. The number of nitrogens with one attached hydrogen (secondary N) is 2. The van der Waals surface area contributed by atoms with Gasteiger partial charge in [-0.15, -0.1) is 5.10 Å². The summed E-state index contributed by atoms with van der Waals surface area (Å²) < 4.78 is 1.51. The molecule has 0 aliphatic heterocycles. The summed E-state index contributed by atoms with van der Waals surface area (Å²) in [6, 6.07) is 11.4. The lowest BCUT2D eigenvalue weighted by Gasteiger charge is -2.27. The van der Waals surface area contributed by atoms with E-state index in [2.05, 4.69) is 32.9 Å². The van der Waals surface area contributed by atoms with Crippen LogP contribution in [-0.2, 0) is 0 Å². The van der Waals surface area contributed by atoms with Gasteiger partial charge in [-0.05, 0) is 37.5 Å². The fourth-order valence-corrected chi connectivity index (χ4v) is 3.09. The molecule has 128 valence electrons. The first kappa shape index (κ1) is 16.2. The van der Waals surface area contributed by atoms with E-state index in [-0.39, 0.29) is 0 Å². The number of hydrogen-bond donors (Lipinski definition) is 2. The van der Waals surface area contributed by atoms with Crippen LogP contribution in [0.3, 0.4) is 0 Å². The highest BCUT2D eigenvalue weighted by Gasteiger charge is 2.20. The van der Waals surface area contributed by atoms with Gasteiger partial charge in [0.15, 0.2) is 17.2 Å². The first-order valence-corrected chi connectivity index (χ1v) is 8.57. The second-order valence-corrected chi connectivity index (χ2v) is 6.61. The SMILES string of the molecule is N#Cc1cc(Cl)cc(Nc2cc(NC3CCC3)c3ncc(C#N)n3n2)c1. The van der Waals surface area contributed by atoms with E-state index in [4.69, 9.17) is 16.9 Å². The van der Waals surface area contributed by atoms with Gasteiger partial charge in [0.2, 0.25) is 0 Å². The average Bonchev–Trinajstić information content (AvgIpc) is 3.00. The van der Waals surface area contributed by atoms with E-state index >= 15 is 0 Å². The number of halogens is 1. The van der Waals surface area contributed by atoms with Crippen molar-refractivity contribution in [1.82, 2.24) is 14.6 Å². The molecule has 3 aromatic rings. The van der Waals surface area contributed by atoms with Crippen LogP contribution in [0.5, 0.6) is 0 Å². The summed E-state index contributed by atoms with van der Waals surface area (Å²) in [5.41, 5.74) is 2.88. The molecule has 1 aliphatic carbocycles. The second kappa shape index (κ2) is 6.55. The Hall–Kier alpha value is -3.29. The molecule has 2 heterocycles. The lowest BCUT2D eigenvalue weighted by atomic mass is 9.93. The maximum Gasteiger partial charge on any atom is 0.178 e. The maximum atomic E-state index is 9.29. The Morgan fingerprint density at radius 3 is 2.69 bits per heavy atom. The van der Waals surface area contributed by atoms with Gasteiger partial charge in [0.05, 0.1) is 23.5 Å². The molecule has 0 saturated heterocycles. The van der Waals surface area contributed by atoms with Crippen molar-refractivity contribution in [3.63, 3.8) is 0 Å². The largest absolute Gasteiger partial charge is 0.379 e. The van der Waals surface area contributed by atoms with Crippen molar-refractivity contribution < 1.29 is 0 Å². The van der Waals surface area contributed by atoms with Crippen molar-refractivity contribution in [2.75, 3.05) is 10.6 Å². The topological polar surface area (TPSA) is 102 Å². The maximum absolute atomic E-state index is 9.29. The number of anilines is 3. The molecule has 0 radical (unpaired) electrons. The van der Waals surface area contributed by atoms with Gasteiger partial charge in [-0.1, -0.05) is 11.6 Å². The zero-order valence-electron chi connectivity index (χ0n) is 13.7. The fourth-order valence-electron chi connectivity index (χ4n) is 2.86. The van der Waals surface area contributed by atoms with Gasteiger partial charge in [-0.25, -0.2) is 4.98 Å². The summed E-state index contributed by atoms with van der Waals surface area (Å²) in [5.74, 6) is 0.528. The lowest BCUT2D eigenvalue weighted by molar-refractivity contribution is 0.445. The molecule has 0 spiro atoms. The molecule has 0 amide bonds. The highest BCUT2D eigenvalue weighted by atomic mass is 35.5. The molecule has 7 nitrogen and oxygen atoms in total. The number of nitrogens with zero attached hydrogens (tertiary/aromatic N) is 5. The highest BCUT2D eigenvalue weighted by molar-refractivity contribution is 6.31. The Balaban J connectivity index is 1.75. The van der Waals surface area contributed by atoms with Crippen molar-refractivity contribution in [1.29, 1.82) is 10.5 Å². The zero-order chi connectivity index (χ0) is 18.1. The number of rotatable bonds is 4. The number of hydrogen-bond acceptors (Lipinski definition) is 6. The van der Waals surface area contributed by atoms with Crippen LogP contribution >= 0.6 is 11.6 Å². The van der Waals surface area contributed by atoms with Crippen LogP contribution < -0.4 is 10.6 Å². The van der Waals surface area contributed by atoms with Crippen LogP contribution in [0, 0.1) is 22.7 Å². The molecule has 1 saturated carbocycles. The standard InChI is InChI=1S/C18H14ClN7/c19-12-4-11(8-20)5-14(6-12)24-17-7-16(23-13-2-1-3-13)18-22-10-15(9-21)26(18)25-17/h4-7,10,13,23H,1-3H2,(H,24,25). The molecule has 26 heavy (non-hydrogen) atoms. The van der Waals surface area contributed by atoms with Crippen molar-refractivity contribution in [3.05, 3.63) is 46.7 Å². The Morgan fingerprint density at radius 1 is 1.15 bits per heavy atom. The first-order valence-electron chi connectivity index (χ1n) is 8.19. The van der Waals surface area contributed by atoms with E-state index in [0.29, 0.717) is 39.5 Å². The predicted molar refractivity (Wildman–Crippen MR) is 98.4 cm³/mol. The van der Waals surface area contributed by atoms with E-state index in [1.54, 1.807) is 18.2 Å². The lowest BCUT2D eigenvalue weighted by Crippen LogP contribution is -2.27. The minimum Gasteiger partial charge on any atom is -0.379 e. The molecular weight excluding hydrogens is 350 g/mol. The molecule has 0 atom stereocenters. The van der Waals surface area contributed by atoms with Crippen molar-refractivity contribution >= 4 is 34.4 Å². The summed E-state index contributed by atoms with van der Waals surface area (Å²) in [5, 5.41) is 29.9. The molecule has 1 aromatic carbocycles. The Bertz CT molecular complexity index is 1070. The molecule has 1 fully saturated rings. The summed E-state index contributed by atoms with van der Waals surface area (Å²) in [4.78, 5) is 4.31. The third kappa shape index (κ3) is 3.01. The summed E-state index contributed by atoms with van der Waals surface area (Å²) in [7, 11) is 0. The van der Waals surface area contributed by atoms with Gasteiger partial charge in [0.25, 0.3) is 0 Å². The summed E-state index contributed by atoms with van der Waals surface area (Å²) in [6.45, 7) is 0. The Kier molecular flexibility index (Phi) is 4.08. The summed E-state index contributed by atoms with van der Waals surface area (Å²) >= 11 is 6.06.